The van der Waals surface area contributed by atoms with Crippen LogP contribution in [0.3, 0.4) is 0 Å². The molecule has 2 amide bonds. The molecular formula is C20H22N4O2S. The molecule has 140 valence electrons. The van der Waals surface area contributed by atoms with E-state index >= 15 is 0 Å². The van der Waals surface area contributed by atoms with E-state index in [-0.39, 0.29) is 11.8 Å². The van der Waals surface area contributed by atoms with Crippen molar-refractivity contribution in [3.63, 3.8) is 0 Å². The van der Waals surface area contributed by atoms with Crippen LogP contribution >= 0.6 is 11.3 Å². The number of hydrogen-bond acceptors (Lipinski definition) is 5. The Morgan fingerprint density at radius 3 is 2.48 bits per heavy atom. The molecule has 0 saturated carbocycles. The molecule has 2 aromatic rings. The number of aromatic nitrogens is 1. The highest BCUT2D eigenvalue weighted by Gasteiger charge is 2.22. The van der Waals surface area contributed by atoms with E-state index in [2.05, 4.69) is 9.88 Å². The number of anilines is 2. The third-order valence-electron chi connectivity index (χ3n) is 4.98. The fourth-order valence-electron chi connectivity index (χ4n) is 3.45. The predicted octanol–water partition coefficient (Wildman–Crippen LogP) is 2.63. The molecular weight excluding hydrogens is 360 g/mol. The van der Waals surface area contributed by atoms with Crippen LogP contribution in [0.25, 0.3) is 6.08 Å². The highest BCUT2D eigenvalue weighted by molar-refractivity contribution is 7.13. The second-order valence-electron chi connectivity index (χ2n) is 6.70. The van der Waals surface area contributed by atoms with Gasteiger partial charge in [-0.1, -0.05) is 12.1 Å². The van der Waals surface area contributed by atoms with E-state index in [9.17, 15) is 9.59 Å². The van der Waals surface area contributed by atoms with Gasteiger partial charge in [-0.05, 0) is 30.2 Å². The first kappa shape index (κ1) is 17.7. The largest absolute Gasteiger partial charge is 0.345 e. The Kier molecular flexibility index (Phi) is 5.20. The van der Waals surface area contributed by atoms with E-state index in [4.69, 9.17) is 0 Å². The molecule has 0 bridgehead atoms. The molecule has 0 atom stereocenters. The molecule has 0 aliphatic carbocycles. The van der Waals surface area contributed by atoms with E-state index in [0.29, 0.717) is 19.5 Å². The smallest absolute Gasteiger partial charge is 0.246 e. The Morgan fingerprint density at radius 2 is 1.85 bits per heavy atom. The van der Waals surface area contributed by atoms with Crippen molar-refractivity contribution < 1.29 is 9.59 Å². The predicted molar refractivity (Wildman–Crippen MR) is 108 cm³/mol. The molecule has 4 rings (SSSR count). The lowest BCUT2D eigenvalue weighted by Crippen LogP contribution is -2.48. The van der Waals surface area contributed by atoms with Gasteiger partial charge in [-0.2, -0.15) is 0 Å². The van der Waals surface area contributed by atoms with Crippen LogP contribution in [0, 0.1) is 0 Å². The van der Waals surface area contributed by atoms with Gasteiger partial charge in [0.25, 0.3) is 0 Å². The molecule has 3 heterocycles. The molecule has 6 nitrogen and oxygen atoms in total. The van der Waals surface area contributed by atoms with Crippen LogP contribution < -0.4 is 9.80 Å². The number of piperazine rings is 1. The number of benzene rings is 1. The van der Waals surface area contributed by atoms with Crippen molar-refractivity contribution in [2.45, 2.75) is 12.8 Å². The van der Waals surface area contributed by atoms with E-state index in [0.717, 1.165) is 42.4 Å². The first-order chi connectivity index (χ1) is 13.2. The number of hydrogen-bond donors (Lipinski definition) is 0. The topological polar surface area (TPSA) is 56.8 Å². The average Bonchev–Trinajstić information content (AvgIpc) is 3.39. The first-order valence-electron chi connectivity index (χ1n) is 9.22. The summed E-state index contributed by atoms with van der Waals surface area (Å²) in [5.41, 5.74) is 1.89. The Morgan fingerprint density at radius 1 is 1.07 bits per heavy atom. The van der Waals surface area contributed by atoms with Crippen LogP contribution in [0.2, 0.25) is 0 Å². The zero-order valence-electron chi connectivity index (χ0n) is 15.1. The quantitative estimate of drug-likeness (QED) is 0.763. The van der Waals surface area contributed by atoms with Crippen molar-refractivity contribution in [2.24, 2.45) is 0 Å². The Labute approximate surface area is 162 Å². The van der Waals surface area contributed by atoms with Crippen LogP contribution in [-0.2, 0) is 9.59 Å². The minimum atomic E-state index is 0.0348. The van der Waals surface area contributed by atoms with Crippen LogP contribution in [-0.4, -0.2) is 54.4 Å². The lowest BCUT2D eigenvalue weighted by atomic mass is 10.1. The monoisotopic (exact) mass is 382 g/mol. The van der Waals surface area contributed by atoms with Crippen LogP contribution in [0.15, 0.2) is 41.9 Å². The van der Waals surface area contributed by atoms with E-state index in [1.165, 1.54) is 0 Å². The average molecular weight is 382 g/mol. The maximum Gasteiger partial charge on any atom is 0.246 e. The van der Waals surface area contributed by atoms with Gasteiger partial charge in [-0.25, -0.2) is 4.98 Å². The number of rotatable bonds is 4. The molecule has 1 aromatic heterocycles. The SMILES string of the molecule is O=C(/C=C/c1ccc(N2CCCC2=O)cc1)N1CCN(c2nccs2)CC1. The van der Waals surface area contributed by atoms with Crippen molar-refractivity contribution in [3.05, 3.63) is 47.5 Å². The number of thiazole rings is 1. The van der Waals surface area contributed by atoms with Gasteiger partial charge in [0.1, 0.15) is 0 Å². The normalized spacial score (nSPS) is 17.9. The van der Waals surface area contributed by atoms with Gasteiger partial charge in [0.2, 0.25) is 11.8 Å². The molecule has 0 N–H and O–H groups in total. The van der Waals surface area contributed by atoms with Gasteiger partial charge in [0.05, 0.1) is 0 Å². The third-order valence-corrected chi connectivity index (χ3v) is 5.81. The summed E-state index contributed by atoms with van der Waals surface area (Å²) in [5.74, 6) is 0.220. The highest BCUT2D eigenvalue weighted by Crippen LogP contribution is 2.22. The van der Waals surface area contributed by atoms with Gasteiger partial charge in [0, 0.05) is 62.5 Å². The Balaban J connectivity index is 1.31. The summed E-state index contributed by atoms with van der Waals surface area (Å²) < 4.78 is 0. The van der Waals surface area contributed by atoms with Gasteiger partial charge < -0.3 is 14.7 Å². The molecule has 0 spiro atoms. The van der Waals surface area contributed by atoms with Crippen molar-refractivity contribution in [2.75, 3.05) is 42.5 Å². The summed E-state index contributed by atoms with van der Waals surface area (Å²) >= 11 is 1.63. The molecule has 2 aliphatic rings. The maximum absolute atomic E-state index is 12.4. The Bertz CT molecular complexity index is 824. The van der Waals surface area contributed by atoms with E-state index in [1.807, 2.05) is 51.7 Å². The fourth-order valence-corrected chi connectivity index (χ4v) is 4.15. The van der Waals surface area contributed by atoms with Crippen molar-refractivity contribution in [1.82, 2.24) is 9.88 Å². The summed E-state index contributed by atoms with van der Waals surface area (Å²) in [6.07, 6.45) is 6.84. The first-order valence-corrected chi connectivity index (χ1v) is 10.1. The zero-order chi connectivity index (χ0) is 18.6. The number of carbonyl (C=O) groups excluding carboxylic acids is 2. The minimum absolute atomic E-state index is 0.0348. The molecule has 0 radical (unpaired) electrons. The summed E-state index contributed by atoms with van der Waals surface area (Å²) in [4.78, 5) is 34.5. The second kappa shape index (κ2) is 7.92. The molecule has 0 unspecified atom stereocenters. The zero-order valence-corrected chi connectivity index (χ0v) is 15.9. The summed E-state index contributed by atoms with van der Waals surface area (Å²) in [7, 11) is 0. The molecule has 2 saturated heterocycles. The van der Waals surface area contributed by atoms with Crippen molar-refractivity contribution in [1.29, 1.82) is 0 Å². The van der Waals surface area contributed by atoms with Crippen LogP contribution in [0.5, 0.6) is 0 Å². The summed E-state index contributed by atoms with van der Waals surface area (Å²) in [6.45, 7) is 3.83. The van der Waals surface area contributed by atoms with Crippen LogP contribution in [0.4, 0.5) is 10.8 Å². The standard InChI is InChI=1S/C20H22N4O2S/c25-18(22-11-13-23(14-12-22)20-21-9-15-27-20)8-5-16-3-6-17(7-4-16)24-10-1-2-19(24)26/h3-9,15H,1-2,10-14H2/b8-5+. The lowest BCUT2D eigenvalue weighted by molar-refractivity contribution is -0.126. The molecule has 2 fully saturated rings. The fraction of sp³-hybridized carbons (Fsp3) is 0.350. The van der Waals surface area contributed by atoms with E-state index in [1.54, 1.807) is 17.4 Å². The van der Waals surface area contributed by atoms with Crippen molar-refractivity contribution in [3.8, 4) is 0 Å². The number of carbonyl (C=O) groups is 2. The molecule has 1 aromatic carbocycles. The van der Waals surface area contributed by atoms with Crippen molar-refractivity contribution >= 4 is 40.0 Å². The van der Waals surface area contributed by atoms with Gasteiger partial charge >= 0.3 is 0 Å². The van der Waals surface area contributed by atoms with Gasteiger partial charge in [-0.15, -0.1) is 11.3 Å². The highest BCUT2D eigenvalue weighted by atomic mass is 32.1. The lowest BCUT2D eigenvalue weighted by Gasteiger charge is -2.34. The van der Waals surface area contributed by atoms with Gasteiger partial charge in [0.15, 0.2) is 5.13 Å². The maximum atomic E-state index is 12.4. The minimum Gasteiger partial charge on any atom is -0.345 e. The van der Waals surface area contributed by atoms with Gasteiger partial charge in [-0.3, -0.25) is 9.59 Å². The summed E-state index contributed by atoms with van der Waals surface area (Å²) in [5, 5.41) is 3.00. The molecule has 7 heteroatoms. The molecule has 27 heavy (non-hydrogen) atoms. The molecule has 2 aliphatic heterocycles. The Hall–Kier alpha value is -2.67. The third kappa shape index (κ3) is 4.03. The van der Waals surface area contributed by atoms with E-state index < -0.39 is 0 Å². The number of nitrogens with zero attached hydrogens (tertiary/aromatic N) is 4. The van der Waals surface area contributed by atoms with Crippen LogP contribution in [0.1, 0.15) is 18.4 Å². The second-order valence-corrected chi connectivity index (χ2v) is 7.57. The summed E-state index contributed by atoms with van der Waals surface area (Å²) in [6, 6.07) is 7.79. The number of amides is 2.